The van der Waals surface area contributed by atoms with Gasteiger partial charge in [0.25, 0.3) is 0 Å². The van der Waals surface area contributed by atoms with Gasteiger partial charge < -0.3 is 5.73 Å². The van der Waals surface area contributed by atoms with Crippen molar-refractivity contribution in [1.82, 2.24) is 4.31 Å². The van der Waals surface area contributed by atoms with Crippen molar-refractivity contribution in [1.29, 1.82) is 0 Å². The van der Waals surface area contributed by atoms with Crippen LogP contribution >= 0.6 is 35.6 Å². The predicted octanol–water partition coefficient (Wildman–Crippen LogP) is 3.16. The third kappa shape index (κ3) is 4.03. The highest BCUT2D eigenvalue weighted by Gasteiger charge is 2.38. The van der Waals surface area contributed by atoms with Crippen molar-refractivity contribution in [3.05, 3.63) is 28.2 Å². The molecule has 1 aromatic rings. The van der Waals surface area contributed by atoms with Crippen molar-refractivity contribution < 1.29 is 8.42 Å². The minimum absolute atomic E-state index is 0. The summed E-state index contributed by atoms with van der Waals surface area (Å²) in [7, 11) is -3.59. The molecule has 1 aromatic carbocycles. The van der Waals surface area contributed by atoms with E-state index in [1.807, 2.05) is 13.8 Å². The molecular weight excluding hydrogens is 355 g/mol. The van der Waals surface area contributed by atoms with E-state index in [4.69, 9.17) is 28.9 Å². The van der Waals surface area contributed by atoms with Crippen molar-refractivity contribution in [2.75, 3.05) is 13.1 Å². The molecule has 2 rings (SSSR count). The van der Waals surface area contributed by atoms with Crippen molar-refractivity contribution in [3.8, 4) is 0 Å². The predicted molar refractivity (Wildman–Crippen MR) is 88.8 cm³/mol. The summed E-state index contributed by atoms with van der Waals surface area (Å²) in [5.41, 5.74) is 5.78. The van der Waals surface area contributed by atoms with Gasteiger partial charge in [-0.2, -0.15) is 4.31 Å². The highest BCUT2D eigenvalue weighted by molar-refractivity contribution is 7.89. The van der Waals surface area contributed by atoms with E-state index in [1.54, 1.807) is 0 Å². The zero-order valence-electron chi connectivity index (χ0n) is 11.8. The van der Waals surface area contributed by atoms with Gasteiger partial charge in [-0.3, -0.25) is 0 Å². The molecule has 4 nitrogen and oxygen atoms in total. The third-order valence-corrected chi connectivity index (χ3v) is 6.01. The average Bonchev–Trinajstić information content (AvgIpc) is 2.31. The molecule has 1 aliphatic heterocycles. The monoisotopic (exact) mass is 372 g/mol. The lowest BCUT2D eigenvalue weighted by atomic mass is 9.81. The molecule has 0 amide bonds. The second-order valence-electron chi connectivity index (χ2n) is 5.83. The lowest BCUT2D eigenvalue weighted by molar-refractivity contribution is 0.155. The molecule has 1 atom stereocenters. The smallest absolute Gasteiger partial charge is 0.243 e. The topological polar surface area (TPSA) is 63.4 Å². The Labute approximate surface area is 142 Å². The van der Waals surface area contributed by atoms with E-state index in [1.165, 1.54) is 22.5 Å². The van der Waals surface area contributed by atoms with Gasteiger partial charge in [-0.05, 0) is 30.0 Å². The van der Waals surface area contributed by atoms with E-state index in [0.29, 0.717) is 29.6 Å². The van der Waals surface area contributed by atoms with Gasteiger partial charge in [0.2, 0.25) is 10.0 Å². The molecule has 1 aliphatic rings. The molecule has 1 heterocycles. The second-order valence-corrected chi connectivity index (χ2v) is 8.64. The molecule has 1 saturated heterocycles. The van der Waals surface area contributed by atoms with Gasteiger partial charge in [-0.25, -0.2) is 8.42 Å². The summed E-state index contributed by atoms with van der Waals surface area (Å²) in [4.78, 5) is 0.126. The van der Waals surface area contributed by atoms with E-state index in [2.05, 4.69) is 0 Å². The van der Waals surface area contributed by atoms with Crippen LogP contribution in [0.4, 0.5) is 0 Å². The van der Waals surface area contributed by atoms with Crippen LogP contribution in [0.3, 0.4) is 0 Å². The van der Waals surface area contributed by atoms with Crippen molar-refractivity contribution in [3.63, 3.8) is 0 Å². The molecule has 0 bridgehead atoms. The molecule has 1 fully saturated rings. The summed E-state index contributed by atoms with van der Waals surface area (Å²) < 4.78 is 26.8. The highest BCUT2D eigenvalue weighted by atomic mass is 35.5. The Morgan fingerprint density at radius 3 is 2.24 bits per heavy atom. The van der Waals surface area contributed by atoms with Crippen LogP contribution in [-0.4, -0.2) is 31.9 Å². The van der Waals surface area contributed by atoms with Crippen LogP contribution in [0.1, 0.15) is 20.3 Å². The first-order valence-electron chi connectivity index (χ1n) is 6.35. The quantitative estimate of drug-likeness (QED) is 0.866. The Hall–Kier alpha value is -0.0400. The summed E-state index contributed by atoms with van der Waals surface area (Å²) >= 11 is 11.8. The van der Waals surface area contributed by atoms with Gasteiger partial charge in [0.1, 0.15) is 0 Å². The first-order valence-corrected chi connectivity index (χ1v) is 8.54. The largest absolute Gasteiger partial charge is 0.327 e. The van der Waals surface area contributed by atoms with E-state index >= 15 is 0 Å². The first kappa shape index (κ1) is 19.0. The number of hydrogen-bond acceptors (Lipinski definition) is 3. The molecule has 2 N–H and O–H groups in total. The zero-order valence-corrected chi connectivity index (χ0v) is 15.0. The standard InChI is InChI=1S/C13H18Cl2N2O2S.ClH/c1-13(2)8-17(4-3-12(13)16)20(18,19)11-6-9(14)5-10(15)7-11;/h5-7,12H,3-4,8,16H2,1-2H3;1H. The SMILES string of the molecule is CC1(C)CN(S(=O)(=O)c2cc(Cl)cc(Cl)c2)CCC1N.Cl. The summed E-state index contributed by atoms with van der Waals surface area (Å²) in [5, 5.41) is 0.619. The molecule has 0 radical (unpaired) electrons. The zero-order chi connectivity index (χ0) is 15.1. The third-order valence-electron chi connectivity index (χ3n) is 3.75. The molecule has 8 heteroatoms. The summed E-state index contributed by atoms with van der Waals surface area (Å²) in [5.74, 6) is 0. The molecular formula is C13H19Cl3N2O2S. The van der Waals surface area contributed by atoms with Gasteiger partial charge in [-0.1, -0.05) is 37.0 Å². The molecule has 120 valence electrons. The Balaban J connectivity index is 0.00000220. The van der Waals surface area contributed by atoms with Gasteiger partial charge >= 0.3 is 0 Å². The van der Waals surface area contributed by atoms with Crippen molar-refractivity contribution in [2.45, 2.75) is 31.2 Å². The lowest BCUT2D eigenvalue weighted by Gasteiger charge is -2.41. The molecule has 0 aromatic heterocycles. The van der Waals surface area contributed by atoms with Crippen molar-refractivity contribution in [2.24, 2.45) is 11.1 Å². The fraction of sp³-hybridized carbons (Fsp3) is 0.538. The molecule has 0 spiro atoms. The Morgan fingerprint density at radius 1 is 1.24 bits per heavy atom. The second kappa shape index (κ2) is 6.60. The van der Waals surface area contributed by atoms with Crippen LogP contribution < -0.4 is 5.73 Å². The molecule has 0 saturated carbocycles. The fourth-order valence-corrected chi connectivity index (χ4v) is 4.71. The number of rotatable bonds is 2. The number of sulfonamides is 1. The number of hydrogen-bond donors (Lipinski definition) is 1. The summed E-state index contributed by atoms with van der Waals surface area (Å²) in [6.07, 6.45) is 0.639. The van der Waals surface area contributed by atoms with Crippen LogP contribution in [0.5, 0.6) is 0 Å². The Kier molecular flexibility index (Phi) is 5.98. The van der Waals surface area contributed by atoms with Crippen LogP contribution in [0.25, 0.3) is 0 Å². The van der Waals surface area contributed by atoms with Crippen LogP contribution in [0.15, 0.2) is 23.1 Å². The van der Waals surface area contributed by atoms with Gasteiger partial charge in [0, 0.05) is 29.2 Å². The minimum Gasteiger partial charge on any atom is -0.327 e. The minimum atomic E-state index is -3.59. The van der Waals surface area contributed by atoms with Gasteiger partial charge in [0.05, 0.1) is 4.90 Å². The van der Waals surface area contributed by atoms with Gasteiger partial charge in [0.15, 0.2) is 0 Å². The van der Waals surface area contributed by atoms with E-state index in [-0.39, 0.29) is 28.8 Å². The van der Waals surface area contributed by atoms with Crippen LogP contribution in [0, 0.1) is 5.41 Å². The number of piperidine rings is 1. The molecule has 1 unspecified atom stereocenters. The highest BCUT2D eigenvalue weighted by Crippen LogP contribution is 2.32. The number of benzene rings is 1. The first-order chi connectivity index (χ1) is 9.13. The molecule has 0 aliphatic carbocycles. The molecule has 21 heavy (non-hydrogen) atoms. The van der Waals surface area contributed by atoms with Crippen LogP contribution in [0.2, 0.25) is 10.0 Å². The average molecular weight is 374 g/mol. The van der Waals surface area contributed by atoms with E-state index < -0.39 is 10.0 Å². The van der Waals surface area contributed by atoms with Crippen molar-refractivity contribution >= 4 is 45.6 Å². The Morgan fingerprint density at radius 2 is 1.76 bits per heavy atom. The number of nitrogens with two attached hydrogens (primary N) is 1. The number of halogens is 3. The normalized spacial score (nSPS) is 22.6. The number of nitrogens with zero attached hydrogens (tertiary/aromatic N) is 1. The maximum Gasteiger partial charge on any atom is 0.243 e. The summed E-state index contributed by atoms with van der Waals surface area (Å²) in [6, 6.07) is 4.35. The van der Waals surface area contributed by atoms with Crippen LogP contribution in [-0.2, 0) is 10.0 Å². The van der Waals surface area contributed by atoms with E-state index in [9.17, 15) is 8.42 Å². The lowest BCUT2D eigenvalue weighted by Crippen LogP contribution is -2.53. The van der Waals surface area contributed by atoms with Gasteiger partial charge in [-0.15, -0.1) is 12.4 Å². The Bertz CT molecular complexity index is 600. The maximum absolute atomic E-state index is 12.7. The maximum atomic E-state index is 12.7. The fourth-order valence-electron chi connectivity index (χ4n) is 2.36. The summed E-state index contributed by atoms with van der Waals surface area (Å²) in [6.45, 7) is 4.76. The van der Waals surface area contributed by atoms with E-state index in [0.717, 1.165) is 0 Å².